The van der Waals surface area contributed by atoms with E-state index < -0.39 is 30.5 Å². The molecule has 0 aromatic heterocycles. The van der Waals surface area contributed by atoms with Crippen LogP contribution in [0.25, 0.3) is 0 Å². The molecule has 0 aliphatic carbocycles. The predicted molar refractivity (Wildman–Crippen MR) is 42.4 cm³/mol. The maximum Gasteiger partial charge on any atom is 0.317 e. The Morgan fingerprint density at radius 2 is 1.92 bits per heavy atom. The fourth-order valence-electron chi connectivity index (χ4n) is 0.635. The summed E-state index contributed by atoms with van der Waals surface area (Å²) in [4.78, 5) is 11.0. The van der Waals surface area contributed by atoms with Gasteiger partial charge in [0, 0.05) is 0 Å². The average Bonchev–Trinajstić information content (AvgIpc) is 1.82. The minimum absolute atomic E-state index is 0.806. The lowest BCUT2D eigenvalue weighted by molar-refractivity contribution is -0.167. The van der Waals surface area contributed by atoms with Crippen molar-refractivity contribution in [3.05, 3.63) is 0 Å². The topological polar surface area (TPSA) is 46.5 Å². The summed E-state index contributed by atoms with van der Waals surface area (Å²) in [5, 5.41) is 8.48. The van der Waals surface area contributed by atoms with Crippen LogP contribution in [0.1, 0.15) is 20.8 Å². The molecule has 0 aliphatic heterocycles. The molecule has 1 N–H and O–H groups in total. The second-order valence-electron chi connectivity index (χ2n) is 3.66. The number of aliphatic hydroxyl groups is 1. The van der Waals surface area contributed by atoms with Gasteiger partial charge in [0.05, 0.1) is 6.61 Å². The lowest BCUT2D eigenvalue weighted by atomic mass is 10.1. The van der Waals surface area contributed by atoms with E-state index in [1.54, 1.807) is 20.8 Å². The molecule has 0 bridgehead atoms. The molecular formula is C8H14F2O3. The van der Waals surface area contributed by atoms with E-state index >= 15 is 0 Å². The smallest absolute Gasteiger partial charge is 0.317 e. The minimum Gasteiger partial charge on any atom is -0.460 e. The molecule has 0 spiro atoms. The van der Waals surface area contributed by atoms with Crippen molar-refractivity contribution < 1.29 is 23.4 Å². The van der Waals surface area contributed by atoms with Crippen LogP contribution in [-0.2, 0) is 9.53 Å². The highest BCUT2D eigenvalue weighted by molar-refractivity contribution is 5.73. The van der Waals surface area contributed by atoms with Gasteiger partial charge in [-0.1, -0.05) is 0 Å². The molecule has 0 aromatic rings. The van der Waals surface area contributed by atoms with Gasteiger partial charge in [0.1, 0.15) is 11.5 Å². The minimum atomic E-state index is -2.89. The molecule has 5 heteroatoms. The Morgan fingerprint density at radius 3 is 2.15 bits per heavy atom. The summed E-state index contributed by atoms with van der Waals surface area (Å²) < 4.78 is 28.8. The van der Waals surface area contributed by atoms with Crippen LogP contribution in [0.4, 0.5) is 8.78 Å². The number of carbonyl (C=O) groups excluding carboxylic acids is 1. The first-order valence-corrected chi connectivity index (χ1v) is 3.90. The summed E-state index contributed by atoms with van der Waals surface area (Å²) in [6.45, 7) is 3.83. The number of hydrogen-bond donors (Lipinski definition) is 1. The highest BCUT2D eigenvalue weighted by Gasteiger charge is 2.31. The Kier molecular flexibility index (Phi) is 4.26. The van der Waals surface area contributed by atoms with Crippen molar-refractivity contribution in [2.24, 2.45) is 5.92 Å². The maximum atomic E-state index is 12.1. The van der Waals surface area contributed by atoms with Crippen molar-refractivity contribution in [1.82, 2.24) is 0 Å². The maximum absolute atomic E-state index is 12.1. The standard InChI is InChI=1S/C8H14F2O3/c1-8(2,3)13-7(12)5(4-11)6(9)10/h5-6,11H,4H2,1-3H3. The average molecular weight is 196 g/mol. The lowest BCUT2D eigenvalue weighted by Crippen LogP contribution is -2.33. The number of aliphatic hydroxyl groups excluding tert-OH is 1. The van der Waals surface area contributed by atoms with E-state index in [2.05, 4.69) is 4.74 Å². The summed E-state index contributed by atoms with van der Waals surface area (Å²) in [7, 11) is 0. The lowest BCUT2D eigenvalue weighted by Gasteiger charge is -2.22. The van der Waals surface area contributed by atoms with Crippen LogP contribution in [0.5, 0.6) is 0 Å². The van der Waals surface area contributed by atoms with Crippen LogP contribution in [0.15, 0.2) is 0 Å². The Bertz CT molecular complexity index is 175. The Hall–Kier alpha value is -0.710. The monoisotopic (exact) mass is 196 g/mol. The zero-order valence-electron chi connectivity index (χ0n) is 7.88. The molecule has 3 nitrogen and oxygen atoms in total. The van der Waals surface area contributed by atoms with Crippen molar-refractivity contribution in [2.75, 3.05) is 6.61 Å². The Labute approximate surface area is 75.7 Å². The van der Waals surface area contributed by atoms with Gasteiger partial charge in [-0.3, -0.25) is 4.79 Å². The first-order chi connectivity index (χ1) is 5.78. The van der Waals surface area contributed by atoms with E-state index in [1.807, 2.05) is 0 Å². The molecule has 0 amide bonds. The molecule has 1 atom stereocenters. The number of halogens is 2. The van der Waals surface area contributed by atoms with Crippen LogP contribution in [0.3, 0.4) is 0 Å². The highest BCUT2D eigenvalue weighted by Crippen LogP contribution is 2.16. The Balaban J connectivity index is 4.23. The molecule has 0 saturated carbocycles. The van der Waals surface area contributed by atoms with Crippen LogP contribution in [0, 0.1) is 5.92 Å². The van der Waals surface area contributed by atoms with Gasteiger partial charge < -0.3 is 9.84 Å². The van der Waals surface area contributed by atoms with Gasteiger partial charge >= 0.3 is 5.97 Å². The fourth-order valence-corrected chi connectivity index (χ4v) is 0.635. The first kappa shape index (κ1) is 12.3. The fraction of sp³-hybridized carbons (Fsp3) is 0.875. The molecule has 0 aromatic carbocycles. The first-order valence-electron chi connectivity index (χ1n) is 3.90. The molecular weight excluding hydrogens is 182 g/mol. The third kappa shape index (κ3) is 4.77. The van der Waals surface area contributed by atoms with Gasteiger partial charge in [-0.15, -0.1) is 0 Å². The van der Waals surface area contributed by atoms with E-state index in [-0.39, 0.29) is 0 Å². The van der Waals surface area contributed by atoms with E-state index in [1.165, 1.54) is 0 Å². The molecule has 0 fully saturated rings. The van der Waals surface area contributed by atoms with Crippen molar-refractivity contribution in [3.63, 3.8) is 0 Å². The van der Waals surface area contributed by atoms with Gasteiger partial charge in [0.15, 0.2) is 0 Å². The molecule has 0 rings (SSSR count). The second kappa shape index (κ2) is 4.50. The van der Waals surface area contributed by atoms with Gasteiger partial charge in [0.2, 0.25) is 0 Å². The van der Waals surface area contributed by atoms with Crippen molar-refractivity contribution in [3.8, 4) is 0 Å². The summed E-state index contributed by atoms with van der Waals surface area (Å²) in [6.07, 6.45) is -2.89. The van der Waals surface area contributed by atoms with Gasteiger partial charge in [-0.2, -0.15) is 0 Å². The number of esters is 1. The third-order valence-electron chi connectivity index (χ3n) is 1.21. The van der Waals surface area contributed by atoms with Crippen LogP contribution < -0.4 is 0 Å². The number of rotatable bonds is 3. The SMILES string of the molecule is CC(C)(C)OC(=O)C(CO)C(F)F. The van der Waals surface area contributed by atoms with E-state index in [0.717, 1.165) is 0 Å². The predicted octanol–water partition coefficient (Wildman–Crippen LogP) is 1.20. The molecule has 0 radical (unpaired) electrons. The Morgan fingerprint density at radius 1 is 1.46 bits per heavy atom. The van der Waals surface area contributed by atoms with Crippen LogP contribution >= 0.6 is 0 Å². The van der Waals surface area contributed by atoms with E-state index in [9.17, 15) is 13.6 Å². The van der Waals surface area contributed by atoms with E-state index in [0.29, 0.717) is 0 Å². The molecule has 13 heavy (non-hydrogen) atoms. The summed E-state index contributed by atoms with van der Waals surface area (Å²) >= 11 is 0. The molecule has 0 aliphatic rings. The van der Waals surface area contributed by atoms with Crippen molar-refractivity contribution >= 4 is 5.97 Å². The third-order valence-corrected chi connectivity index (χ3v) is 1.21. The van der Waals surface area contributed by atoms with Crippen molar-refractivity contribution in [1.29, 1.82) is 0 Å². The van der Waals surface area contributed by atoms with Crippen LogP contribution in [-0.4, -0.2) is 29.7 Å². The largest absolute Gasteiger partial charge is 0.460 e. The van der Waals surface area contributed by atoms with Gasteiger partial charge in [0.25, 0.3) is 6.43 Å². The number of alkyl halides is 2. The van der Waals surface area contributed by atoms with Crippen molar-refractivity contribution in [2.45, 2.75) is 32.8 Å². The molecule has 78 valence electrons. The van der Waals surface area contributed by atoms with Crippen LogP contribution in [0.2, 0.25) is 0 Å². The number of ether oxygens (including phenoxy) is 1. The zero-order valence-corrected chi connectivity index (χ0v) is 7.88. The quantitative estimate of drug-likeness (QED) is 0.690. The zero-order chi connectivity index (χ0) is 10.6. The summed E-state index contributed by atoms with van der Waals surface area (Å²) in [5.74, 6) is -2.80. The molecule has 1 unspecified atom stereocenters. The van der Waals surface area contributed by atoms with Gasteiger partial charge in [-0.25, -0.2) is 8.78 Å². The van der Waals surface area contributed by atoms with Gasteiger partial charge in [-0.05, 0) is 20.8 Å². The highest BCUT2D eigenvalue weighted by atomic mass is 19.3. The normalized spacial score (nSPS) is 14.4. The number of hydrogen-bond acceptors (Lipinski definition) is 3. The molecule has 0 heterocycles. The summed E-state index contributed by atoms with van der Waals surface area (Å²) in [6, 6.07) is 0. The number of carbonyl (C=O) groups is 1. The van der Waals surface area contributed by atoms with E-state index in [4.69, 9.17) is 5.11 Å². The second-order valence-corrected chi connectivity index (χ2v) is 3.66. The molecule has 0 saturated heterocycles. The summed E-state index contributed by atoms with van der Waals surface area (Å²) in [5.41, 5.74) is -0.806.